The van der Waals surface area contributed by atoms with E-state index >= 15 is 0 Å². The van der Waals surface area contributed by atoms with Crippen molar-refractivity contribution in [2.75, 3.05) is 0 Å². The molecule has 2 heteroatoms. The molecule has 0 aromatic heterocycles. The smallest absolute Gasteiger partial charge is 0.104 e. The van der Waals surface area contributed by atoms with Crippen molar-refractivity contribution in [1.82, 2.24) is 0 Å². The Labute approximate surface area is 178 Å². The standard InChI is InChI=1S/C26H54O2/c1-13-23(11,21(9)25(15-3,16-4)17-5)27-28-24(12,14-2)22(10)26(18-6,19-7)20-8/h21-22H,13-20H2,1-12H3. The molecule has 0 rings (SSSR count). The van der Waals surface area contributed by atoms with Crippen LogP contribution in [0, 0.1) is 22.7 Å². The zero-order chi connectivity index (χ0) is 22.2. The second-order valence-electron chi connectivity index (χ2n) is 9.79. The van der Waals surface area contributed by atoms with Crippen LogP contribution in [0.15, 0.2) is 0 Å². The molecule has 0 saturated carbocycles. The van der Waals surface area contributed by atoms with Gasteiger partial charge in [-0.2, -0.15) is 0 Å². The Balaban J connectivity index is 5.71. The van der Waals surface area contributed by atoms with E-state index in [4.69, 9.17) is 9.78 Å². The molecule has 0 bridgehead atoms. The van der Waals surface area contributed by atoms with Gasteiger partial charge in [-0.05, 0) is 49.4 Å². The van der Waals surface area contributed by atoms with Gasteiger partial charge in [0.2, 0.25) is 0 Å². The maximum absolute atomic E-state index is 6.46. The molecule has 0 saturated heterocycles. The molecule has 0 radical (unpaired) electrons. The van der Waals surface area contributed by atoms with Crippen LogP contribution in [0.25, 0.3) is 0 Å². The van der Waals surface area contributed by atoms with Crippen molar-refractivity contribution in [1.29, 1.82) is 0 Å². The van der Waals surface area contributed by atoms with Crippen LogP contribution in [-0.4, -0.2) is 11.2 Å². The first kappa shape index (κ1) is 27.9. The van der Waals surface area contributed by atoms with Crippen molar-refractivity contribution in [3.63, 3.8) is 0 Å². The topological polar surface area (TPSA) is 18.5 Å². The third kappa shape index (κ3) is 5.34. The normalized spacial score (nSPS) is 19.7. The van der Waals surface area contributed by atoms with Gasteiger partial charge < -0.3 is 0 Å². The maximum Gasteiger partial charge on any atom is 0.104 e. The molecule has 0 amide bonds. The fourth-order valence-corrected chi connectivity index (χ4v) is 5.70. The van der Waals surface area contributed by atoms with Gasteiger partial charge in [-0.1, -0.05) is 108 Å². The minimum atomic E-state index is -0.272. The molecule has 0 fully saturated rings. The van der Waals surface area contributed by atoms with E-state index in [-0.39, 0.29) is 11.2 Å². The van der Waals surface area contributed by atoms with Gasteiger partial charge in [0.05, 0.1) is 0 Å². The van der Waals surface area contributed by atoms with Crippen LogP contribution in [0.2, 0.25) is 0 Å². The van der Waals surface area contributed by atoms with Crippen LogP contribution in [-0.2, 0) is 9.78 Å². The molecule has 2 nitrogen and oxygen atoms in total. The summed E-state index contributed by atoms with van der Waals surface area (Å²) in [6.45, 7) is 27.8. The highest BCUT2D eigenvalue weighted by molar-refractivity contribution is 4.94. The Hall–Kier alpha value is -0.0800. The summed E-state index contributed by atoms with van der Waals surface area (Å²) in [5.74, 6) is 0.879. The maximum atomic E-state index is 6.46. The second kappa shape index (κ2) is 11.3. The van der Waals surface area contributed by atoms with Crippen molar-refractivity contribution >= 4 is 0 Å². The highest BCUT2D eigenvalue weighted by atomic mass is 17.2. The van der Waals surface area contributed by atoms with E-state index in [0.29, 0.717) is 22.7 Å². The van der Waals surface area contributed by atoms with Crippen LogP contribution in [0.4, 0.5) is 0 Å². The Morgan fingerprint density at radius 1 is 0.464 bits per heavy atom. The van der Waals surface area contributed by atoms with Crippen LogP contribution < -0.4 is 0 Å². The lowest BCUT2D eigenvalue weighted by Gasteiger charge is -2.50. The monoisotopic (exact) mass is 398 g/mol. The van der Waals surface area contributed by atoms with Gasteiger partial charge in [-0.3, -0.25) is 0 Å². The van der Waals surface area contributed by atoms with Gasteiger partial charge >= 0.3 is 0 Å². The van der Waals surface area contributed by atoms with E-state index in [1.54, 1.807) is 0 Å². The van der Waals surface area contributed by atoms with Crippen molar-refractivity contribution in [2.24, 2.45) is 22.7 Å². The third-order valence-electron chi connectivity index (χ3n) is 9.72. The summed E-state index contributed by atoms with van der Waals surface area (Å²) in [5, 5.41) is 0. The summed E-state index contributed by atoms with van der Waals surface area (Å²) in [5.41, 5.74) is 0.0711. The summed E-state index contributed by atoms with van der Waals surface area (Å²) in [6.07, 6.45) is 9.05. The minimum absolute atomic E-state index is 0.272. The molecule has 0 aliphatic rings. The number of hydrogen-bond acceptors (Lipinski definition) is 2. The molecular weight excluding hydrogens is 344 g/mol. The first-order chi connectivity index (χ1) is 13.0. The Bertz CT molecular complexity index is 368. The average Bonchev–Trinajstić information content (AvgIpc) is 2.74. The predicted octanol–water partition coefficient (Wildman–Crippen LogP) is 8.98. The van der Waals surface area contributed by atoms with Crippen LogP contribution >= 0.6 is 0 Å². The summed E-state index contributed by atoms with van der Waals surface area (Å²) >= 11 is 0. The van der Waals surface area contributed by atoms with E-state index in [2.05, 4.69) is 83.1 Å². The van der Waals surface area contributed by atoms with Crippen molar-refractivity contribution < 1.29 is 9.78 Å². The van der Waals surface area contributed by atoms with Crippen LogP contribution in [0.5, 0.6) is 0 Å². The molecular formula is C26H54O2. The predicted molar refractivity (Wildman–Crippen MR) is 125 cm³/mol. The fraction of sp³-hybridized carbons (Fsp3) is 1.00. The Morgan fingerprint density at radius 2 is 0.679 bits per heavy atom. The molecule has 0 N–H and O–H groups in total. The van der Waals surface area contributed by atoms with Gasteiger partial charge in [-0.25, -0.2) is 9.78 Å². The highest BCUT2D eigenvalue weighted by Gasteiger charge is 2.48. The van der Waals surface area contributed by atoms with Crippen LogP contribution in [0.3, 0.4) is 0 Å². The van der Waals surface area contributed by atoms with E-state index < -0.39 is 0 Å². The van der Waals surface area contributed by atoms with E-state index in [1.165, 1.54) is 38.5 Å². The van der Waals surface area contributed by atoms with Gasteiger partial charge in [0.15, 0.2) is 0 Å². The van der Waals surface area contributed by atoms with Crippen molar-refractivity contribution in [3.8, 4) is 0 Å². The molecule has 0 aliphatic carbocycles. The van der Waals surface area contributed by atoms with Gasteiger partial charge in [0, 0.05) is 0 Å². The zero-order valence-corrected chi connectivity index (χ0v) is 21.6. The summed E-state index contributed by atoms with van der Waals surface area (Å²) in [7, 11) is 0. The lowest BCUT2D eigenvalue weighted by atomic mass is 9.63. The molecule has 4 atom stereocenters. The van der Waals surface area contributed by atoms with Gasteiger partial charge in [0.25, 0.3) is 0 Å². The van der Waals surface area contributed by atoms with E-state index in [9.17, 15) is 0 Å². The molecule has 4 unspecified atom stereocenters. The van der Waals surface area contributed by atoms with Gasteiger partial charge in [0.1, 0.15) is 11.2 Å². The quantitative estimate of drug-likeness (QED) is 0.202. The SMILES string of the molecule is CCC(CC)(CC)C(C)C(C)(CC)OOC(C)(CC)C(C)C(CC)(CC)CC. The zero-order valence-electron chi connectivity index (χ0n) is 21.6. The summed E-state index contributed by atoms with van der Waals surface area (Å²) in [6, 6.07) is 0. The molecule has 0 spiro atoms. The van der Waals surface area contributed by atoms with Crippen LogP contribution in [0.1, 0.15) is 134 Å². The first-order valence-electron chi connectivity index (χ1n) is 12.4. The molecule has 28 heavy (non-hydrogen) atoms. The lowest BCUT2D eigenvalue weighted by Crippen LogP contribution is -2.50. The average molecular weight is 399 g/mol. The van der Waals surface area contributed by atoms with Crippen molar-refractivity contribution in [2.45, 2.75) is 146 Å². The van der Waals surface area contributed by atoms with Crippen molar-refractivity contribution in [3.05, 3.63) is 0 Å². The third-order valence-corrected chi connectivity index (χ3v) is 9.72. The summed E-state index contributed by atoms with van der Waals surface area (Å²) < 4.78 is 0. The lowest BCUT2D eigenvalue weighted by molar-refractivity contribution is -0.433. The number of hydrogen-bond donors (Lipinski definition) is 0. The first-order valence-corrected chi connectivity index (χ1v) is 12.4. The number of rotatable bonds is 15. The fourth-order valence-electron chi connectivity index (χ4n) is 5.70. The second-order valence-corrected chi connectivity index (χ2v) is 9.79. The Morgan fingerprint density at radius 3 is 0.821 bits per heavy atom. The molecule has 0 heterocycles. The Kier molecular flexibility index (Phi) is 11.3. The van der Waals surface area contributed by atoms with Gasteiger partial charge in [-0.15, -0.1) is 0 Å². The largest absolute Gasteiger partial charge is 0.229 e. The highest BCUT2D eigenvalue weighted by Crippen LogP contribution is 2.49. The molecule has 170 valence electrons. The minimum Gasteiger partial charge on any atom is -0.229 e. The molecule has 0 aromatic rings. The molecule has 0 aromatic carbocycles. The van der Waals surface area contributed by atoms with E-state index in [0.717, 1.165) is 12.8 Å². The molecule has 0 aliphatic heterocycles. The van der Waals surface area contributed by atoms with E-state index in [1.807, 2.05) is 0 Å². The summed E-state index contributed by atoms with van der Waals surface area (Å²) in [4.78, 5) is 12.9.